The maximum absolute atomic E-state index is 12.7. The van der Waals surface area contributed by atoms with E-state index in [2.05, 4.69) is 4.72 Å². The van der Waals surface area contributed by atoms with Crippen molar-refractivity contribution >= 4 is 21.6 Å². The summed E-state index contributed by atoms with van der Waals surface area (Å²) in [7, 11) is -3.53. The molecule has 0 saturated heterocycles. The minimum atomic E-state index is -3.53. The summed E-state index contributed by atoms with van der Waals surface area (Å²) in [6, 6.07) is 16.9. The molecule has 0 spiro atoms. The third kappa shape index (κ3) is 4.00. The zero-order chi connectivity index (χ0) is 17.2. The van der Waals surface area contributed by atoms with Gasteiger partial charge in [0, 0.05) is 17.3 Å². The number of benzene rings is 2. The van der Waals surface area contributed by atoms with E-state index in [1.54, 1.807) is 12.1 Å². The van der Waals surface area contributed by atoms with E-state index >= 15 is 0 Å². The van der Waals surface area contributed by atoms with Crippen molar-refractivity contribution in [1.29, 1.82) is 0 Å². The Morgan fingerprint density at radius 3 is 2.33 bits per heavy atom. The molecule has 5 heteroatoms. The number of aryl methyl sites for hydroxylation is 1. The Morgan fingerprint density at radius 2 is 1.67 bits per heavy atom. The predicted molar refractivity (Wildman–Crippen MR) is 98.0 cm³/mol. The smallest absolute Gasteiger partial charge is 0.207 e. The highest BCUT2D eigenvalue weighted by Gasteiger charge is 2.33. The zero-order valence-electron chi connectivity index (χ0n) is 13.7. The number of hydrogen-bond donors (Lipinski definition) is 1. The van der Waals surface area contributed by atoms with E-state index in [0.29, 0.717) is 4.90 Å². The second-order valence-electron chi connectivity index (χ2n) is 6.47. The first-order valence-corrected chi connectivity index (χ1v) is 10.2. The van der Waals surface area contributed by atoms with Crippen LogP contribution in [0.5, 0.6) is 0 Å². The molecule has 0 heterocycles. The van der Waals surface area contributed by atoms with Crippen molar-refractivity contribution in [3.05, 3.63) is 65.7 Å². The normalized spacial score (nSPS) is 24.7. The lowest BCUT2D eigenvalue weighted by Gasteiger charge is -2.34. The number of nitrogens with one attached hydrogen (secondary N) is 1. The molecule has 1 saturated carbocycles. The van der Waals surface area contributed by atoms with Crippen LogP contribution in [-0.2, 0) is 10.0 Å². The van der Waals surface area contributed by atoms with Gasteiger partial charge in [0.2, 0.25) is 10.0 Å². The van der Waals surface area contributed by atoms with Gasteiger partial charge in [0.15, 0.2) is 0 Å². The van der Waals surface area contributed by atoms with Gasteiger partial charge in [0.1, 0.15) is 0 Å². The zero-order valence-corrected chi connectivity index (χ0v) is 15.2. The first-order valence-electron chi connectivity index (χ1n) is 8.24. The first-order chi connectivity index (χ1) is 11.5. The van der Waals surface area contributed by atoms with Crippen LogP contribution in [0.4, 0.5) is 0 Å². The monoisotopic (exact) mass is 363 g/mol. The fourth-order valence-electron chi connectivity index (χ4n) is 3.31. The Labute approximate surface area is 149 Å². The standard InChI is InChI=1S/C19H22ClNO2S/c1-14-7-10-17(11-8-14)24(22,23)21-19-12-9-16(20)13-18(19)15-5-3-2-4-6-15/h2-8,10-11,16,18-19,21H,9,12-13H2,1H3/t16-,18-,19-/m1/s1. The van der Waals surface area contributed by atoms with Gasteiger partial charge in [-0.1, -0.05) is 48.0 Å². The molecule has 0 unspecified atom stereocenters. The van der Waals surface area contributed by atoms with Crippen molar-refractivity contribution in [2.75, 3.05) is 0 Å². The van der Waals surface area contributed by atoms with Gasteiger partial charge in [-0.3, -0.25) is 0 Å². The van der Waals surface area contributed by atoms with Gasteiger partial charge >= 0.3 is 0 Å². The molecule has 1 aliphatic carbocycles. The molecule has 1 aliphatic rings. The first kappa shape index (κ1) is 17.5. The lowest BCUT2D eigenvalue weighted by Crippen LogP contribution is -2.42. The fraction of sp³-hybridized carbons (Fsp3) is 0.368. The summed E-state index contributed by atoms with van der Waals surface area (Å²) in [5.74, 6) is 0.0997. The molecule has 0 radical (unpaired) electrons. The molecule has 3 rings (SSSR count). The van der Waals surface area contributed by atoms with Gasteiger partial charge in [-0.2, -0.15) is 0 Å². The second-order valence-corrected chi connectivity index (χ2v) is 8.80. The molecular weight excluding hydrogens is 342 g/mol. The quantitative estimate of drug-likeness (QED) is 0.827. The van der Waals surface area contributed by atoms with Crippen molar-refractivity contribution in [3.63, 3.8) is 0 Å². The molecule has 0 bridgehead atoms. The Hall–Kier alpha value is -1.36. The number of rotatable bonds is 4. The highest BCUT2D eigenvalue weighted by atomic mass is 35.5. The third-order valence-corrected chi connectivity index (χ3v) is 6.55. The van der Waals surface area contributed by atoms with Gasteiger partial charge in [-0.15, -0.1) is 11.6 Å². The minimum absolute atomic E-state index is 0.0929. The molecule has 1 N–H and O–H groups in total. The molecule has 3 nitrogen and oxygen atoms in total. The van der Waals surface area contributed by atoms with Crippen LogP contribution >= 0.6 is 11.6 Å². The van der Waals surface area contributed by atoms with Crippen molar-refractivity contribution < 1.29 is 8.42 Å². The van der Waals surface area contributed by atoms with Crippen LogP contribution in [0.3, 0.4) is 0 Å². The molecule has 0 aliphatic heterocycles. The summed E-state index contributed by atoms with van der Waals surface area (Å²) in [5.41, 5.74) is 2.18. The van der Waals surface area contributed by atoms with Crippen LogP contribution in [-0.4, -0.2) is 19.8 Å². The molecular formula is C19H22ClNO2S. The van der Waals surface area contributed by atoms with Gasteiger partial charge in [0.05, 0.1) is 4.90 Å². The largest absolute Gasteiger partial charge is 0.240 e. The Kier molecular flexibility index (Phi) is 5.28. The van der Waals surface area contributed by atoms with E-state index in [1.807, 2.05) is 49.4 Å². The average molecular weight is 364 g/mol. The number of hydrogen-bond acceptors (Lipinski definition) is 2. The second kappa shape index (κ2) is 7.26. The molecule has 2 aromatic carbocycles. The SMILES string of the molecule is Cc1ccc(S(=O)(=O)N[C@@H]2CC[C@@H](Cl)C[C@@H]2c2ccccc2)cc1. The van der Waals surface area contributed by atoms with Crippen LogP contribution in [0.25, 0.3) is 0 Å². The maximum atomic E-state index is 12.7. The molecule has 3 atom stereocenters. The van der Waals surface area contributed by atoms with Crippen molar-refractivity contribution in [3.8, 4) is 0 Å². The highest BCUT2D eigenvalue weighted by molar-refractivity contribution is 7.89. The topological polar surface area (TPSA) is 46.2 Å². The van der Waals surface area contributed by atoms with Crippen molar-refractivity contribution in [2.45, 2.75) is 48.4 Å². The van der Waals surface area contributed by atoms with E-state index in [9.17, 15) is 8.42 Å². The summed E-state index contributed by atoms with van der Waals surface area (Å²) >= 11 is 6.36. The Bertz CT molecular complexity index is 775. The fourth-order valence-corrected chi connectivity index (χ4v) is 4.94. The summed E-state index contributed by atoms with van der Waals surface area (Å²) < 4.78 is 28.4. The third-order valence-electron chi connectivity index (χ3n) is 4.65. The van der Waals surface area contributed by atoms with Gasteiger partial charge < -0.3 is 0 Å². The van der Waals surface area contributed by atoms with Gasteiger partial charge in [0.25, 0.3) is 0 Å². The molecule has 1 fully saturated rings. The van der Waals surface area contributed by atoms with Crippen LogP contribution in [0.2, 0.25) is 0 Å². The molecule has 0 aromatic heterocycles. The van der Waals surface area contributed by atoms with Crippen LogP contribution < -0.4 is 4.72 Å². The summed E-state index contributed by atoms with van der Waals surface area (Å²) in [6.45, 7) is 1.94. The molecule has 2 aromatic rings. The Balaban J connectivity index is 1.85. The highest BCUT2D eigenvalue weighted by Crippen LogP contribution is 2.36. The lowest BCUT2D eigenvalue weighted by atomic mass is 9.80. The average Bonchev–Trinajstić information content (AvgIpc) is 2.57. The number of halogens is 1. The summed E-state index contributed by atoms with van der Waals surface area (Å²) in [4.78, 5) is 0.313. The minimum Gasteiger partial charge on any atom is -0.207 e. The molecule has 128 valence electrons. The summed E-state index contributed by atoms with van der Waals surface area (Å²) in [6.07, 6.45) is 2.36. The predicted octanol–water partition coefficient (Wildman–Crippen LogP) is 4.22. The van der Waals surface area contributed by atoms with Gasteiger partial charge in [-0.25, -0.2) is 13.1 Å². The van der Waals surface area contributed by atoms with Crippen LogP contribution in [0, 0.1) is 6.92 Å². The lowest BCUT2D eigenvalue weighted by molar-refractivity contribution is 0.365. The Morgan fingerprint density at radius 1 is 1.00 bits per heavy atom. The number of alkyl halides is 1. The van der Waals surface area contributed by atoms with Gasteiger partial charge in [-0.05, 0) is 43.9 Å². The van der Waals surface area contributed by atoms with Crippen molar-refractivity contribution in [2.24, 2.45) is 0 Å². The van der Waals surface area contributed by atoms with E-state index in [1.165, 1.54) is 0 Å². The van der Waals surface area contributed by atoms with E-state index in [4.69, 9.17) is 11.6 Å². The van der Waals surface area contributed by atoms with Crippen molar-refractivity contribution in [1.82, 2.24) is 4.72 Å². The van der Waals surface area contributed by atoms with E-state index < -0.39 is 10.0 Å². The van der Waals surface area contributed by atoms with E-state index in [-0.39, 0.29) is 17.3 Å². The maximum Gasteiger partial charge on any atom is 0.240 e. The number of sulfonamides is 1. The molecule has 0 amide bonds. The summed E-state index contributed by atoms with van der Waals surface area (Å²) in [5, 5.41) is 0.0929. The van der Waals surface area contributed by atoms with Crippen LogP contribution in [0.15, 0.2) is 59.5 Å². The van der Waals surface area contributed by atoms with Crippen LogP contribution in [0.1, 0.15) is 36.3 Å². The molecule has 24 heavy (non-hydrogen) atoms. The van der Waals surface area contributed by atoms with E-state index in [0.717, 1.165) is 30.4 Å².